The number of nitrogens with one attached hydrogen (secondary N) is 1. The molecule has 0 aliphatic rings. The molecule has 0 fully saturated rings. The number of nitrogen functional groups attached to an aromatic ring is 1. The van der Waals surface area contributed by atoms with Gasteiger partial charge in [0.15, 0.2) is 0 Å². The molecule has 2 rings (SSSR count). The van der Waals surface area contributed by atoms with E-state index in [2.05, 4.69) is 4.99 Å². The molecule has 0 unspecified atom stereocenters. The van der Waals surface area contributed by atoms with Gasteiger partial charge in [-0.1, -0.05) is 36.4 Å². The molecule has 3 nitrogen and oxygen atoms in total. The van der Waals surface area contributed by atoms with Gasteiger partial charge >= 0.3 is 0 Å². The van der Waals surface area contributed by atoms with Gasteiger partial charge in [-0.05, 0) is 24.3 Å². The lowest BCUT2D eigenvalue weighted by atomic mass is 10.3. The van der Waals surface area contributed by atoms with Crippen molar-refractivity contribution in [3.63, 3.8) is 0 Å². The maximum atomic E-state index is 5.36. The van der Waals surface area contributed by atoms with E-state index in [9.17, 15) is 0 Å². The Kier molecular flexibility index (Phi) is 5.20. The number of rotatable bonds is 1. The van der Waals surface area contributed by atoms with Gasteiger partial charge in [-0.2, -0.15) is 0 Å². The Morgan fingerprint density at radius 1 is 0.812 bits per heavy atom. The lowest BCUT2D eigenvalue weighted by molar-refractivity contribution is -0.348. The predicted molar refractivity (Wildman–Crippen MR) is 68.2 cm³/mol. The van der Waals surface area contributed by atoms with Crippen molar-refractivity contribution in [2.24, 2.45) is 5.73 Å². The molecule has 0 bridgehead atoms. The molecule has 82 valence electrons. The van der Waals surface area contributed by atoms with Crippen molar-refractivity contribution in [3.05, 3.63) is 60.7 Å². The lowest BCUT2D eigenvalue weighted by Crippen LogP contribution is -2.63. The molecule has 0 aliphatic heterocycles. The molecule has 0 amide bonds. The highest BCUT2D eigenvalue weighted by atomic mass is 14.8. The molecule has 0 aliphatic carbocycles. The van der Waals surface area contributed by atoms with Crippen LogP contribution in [0, 0.1) is 0 Å². The van der Waals surface area contributed by atoms with Gasteiger partial charge in [0.25, 0.3) is 0 Å². The zero-order valence-electron chi connectivity index (χ0n) is 9.01. The Morgan fingerprint density at radius 2 is 1.31 bits per heavy atom. The second-order valence-electron chi connectivity index (χ2n) is 3.09. The third-order valence-electron chi connectivity index (χ3n) is 1.82. The topological polar surface area (TPSA) is 66.0 Å². The Labute approximate surface area is 95.4 Å². The first-order valence-corrected chi connectivity index (χ1v) is 4.98. The minimum atomic E-state index is 0.822. The molecule has 0 spiro atoms. The third kappa shape index (κ3) is 4.81. The summed E-state index contributed by atoms with van der Waals surface area (Å²) in [5, 5.41) is 0. The minimum Gasteiger partial charge on any atom is -0.399 e. The van der Waals surface area contributed by atoms with Crippen molar-refractivity contribution in [1.82, 2.24) is 0 Å². The quantitative estimate of drug-likeness (QED) is 0.371. The van der Waals surface area contributed by atoms with E-state index in [-0.39, 0.29) is 0 Å². The Morgan fingerprint density at radius 3 is 1.69 bits per heavy atom. The molecule has 0 saturated heterocycles. The molecular formula is C13H16N3+. The summed E-state index contributed by atoms with van der Waals surface area (Å²) in [6.45, 7) is 0. The molecule has 3 heteroatoms. The van der Waals surface area contributed by atoms with Gasteiger partial charge in [0.1, 0.15) is 5.69 Å². The van der Waals surface area contributed by atoms with Gasteiger partial charge in [-0.25, -0.2) is 4.99 Å². The summed E-state index contributed by atoms with van der Waals surface area (Å²) in [6.07, 6.45) is 1.41. The molecule has 16 heavy (non-hydrogen) atoms. The zero-order valence-corrected chi connectivity index (χ0v) is 9.01. The van der Waals surface area contributed by atoms with Crippen molar-refractivity contribution in [2.75, 3.05) is 5.73 Å². The van der Waals surface area contributed by atoms with Crippen LogP contribution in [0.15, 0.2) is 60.7 Å². The van der Waals surface area contributed by atoms with E-state index in [4.69, 9.17) is 11.5 Å². The molecule has 2 aromatic rings. The van der Waals surface area contributed by atoms with E-state index < -0.39 is 0 Å². The highest BCUT2D eigenvalue weighted by molar-refractivity contribution is 5.46. The van der Waals surface area contributed by atoms with Crippen LogP contribution in [-0.4, -0.2) is 6.34 Å². The van der Waals surface area contributed by atoms with Crippen molar-refractivity contribution in [3.8, 4) is 0 Å². The average molecular weight is 214 g/mol. The summed E-state index contributed by atoms with van der Waals surface area (Å²) >= 11 is 0. The second-order valence-corrected chi connectivity index (χ2v) is 3.09. The van der Waals surface area contributed by atoms with E-state index in [1.807, 2.05) is 60.7 Å². The maximum Gasteiger partial charge on any atom is 0.232 e. The van der Waals surface area contributed by atoms with Crippen LogP contribution >= 0.6 is 0 Å². The Bertz CT molecular complexity index is 410. The number of anilines is 1. The van der Waals surface area contributed by atoms with Gasteiger partial charge in [0, 0.05) is 5.69 Å². The van der Waals surface area contributed by atoms with Crippen LogP contribution in [-0.2, 0) is 0 Å². The maximum absolute atomic E-state index is 5.36. The van der Waals surface area contributed by atoms with Gasteiger partial charge in [-0.15, -0.1) is 0 Å². The zero-order chi connectivity index (χ0) is 11.6. The highest BCUT2D eigenvalue weighted by Crippen LogP contribution is 1.96. The van der Waals surface area contributed by atoms with Crippen molar-refractivity contribution in [1.29, 1.82) is 0 Å². The summed E-state index contributed by atoms with van der Waals surface area (Å²) in [4.78, 5) is 2.86. The van der Waals surface area contributed by atoms with Gasteiger partial charge in [-0.3, -0.25) is 5.73 Å². The molecular weight excluding hydrogens is 198 g/mol. The Hall–Kier alpha value is -2.29. The fourth-order valence-corrected chi connectivity index (χ4v) is 1.08. The summed E-state index contributed by atoms with van der Waals surface area (Å²) in [5.74, 6) is 0. The minimum absolute atomic E-state index is 0.822. The van der Waals surface area contributed by atoms with Gasteiger partial charge in [0.2, 0.25) is 6.34 Å². The van der Waals surface area contributed by atoms with Crippen LogP contribution in [0.1, 0.15) is 0 Å². The highest BCUT2D eigenvalue weighted by Gasteiger charge is 1.82. The molecule has 0 saturated carbocycles. The van der Waals surface area contributed by atoms with E-state index in [1.165, 1.54) is 6.34 Å². The third-order valence-corrected chi connectivity index (χ3v) is 1.82. The smallest absolute Gasteiger partial charge is 0.232 e. The van der Waals surface area contributed by atoms with Crippen LogP contribution in [0.4, 0.5) is 11.4 Å². The number of para-hydroxylation sites is 2. The summed E-state index contributed by atoms with van der Waals surface area (Å²) in [6, 6.07) is 19.2. The first-order valence-electron chi connectivity index (χ1n) is 4.98. The fourth-order valence-electron chi connectivity index (χ4n) is 1.08. The SMILES string of the molecule is NC=[NH+]c1ccccc1.Nc1ccccc1. The predicted octanol–water partition coefficient (Wildman–Crippen LogP) is 0.655. The largest absolute Gasteiger partial charge is 0.399 e. The van der Waals surface area contributed by atoms with E-state index in [1.54, 1.807) is 0 Å². The summed E-state index contributed by atoms with van der Waals surface area (Å²) < 4.78 is 0. The standard InChI is InChI=1S/C7H8N2.C6H7N/c8-6-9-7-4-2-1-3-5-7;7-6-4-2-1-3-5-6/h1-6H,(H2,8,9);1-5H,7H2/p+1. The Balaban J connectivity index is 0.000000165. The summed E-state index contributed by atoms with van der Waals surface area (Å²) in [5.41, 5.74) is 12.3. The number of hydrogen-bond donors (Lipinski definition) is 3. The van der Waals surface area contributed by atoms with Crippen molar-refractivity contribution < 1.29 is 4.99 Å². The number of hydrogen-bond acceptors (Lipinski definition) is 1. The summed E-state index contributed by atoms with van der Waals surface area (Å²) in [7, 11) is 0. The molecule has 0 aromatic heterocycles. The molecule has 2 aromatic carbocycles. The van der Waals surface area contributed by atoms with Crippen LogP contribution in [0.3, 0.4) is 0 Å². The van der Waals surface area contributed by atoms with Crippen LogP contribution in [0.25, 0.3) is 0 Å². The number of nitrogens with two attached hydrogens (primary N) is 2. The van der Waals surface area contributed by atoms with E-state index in [0.29, 0.717) is 0 Å². The van der Waals surface area contributed by atoms with Gasteiger partial charge in [0.05, 0.1) is 0 Å². The first kappa shape index (κ1) is 11.8. The average Bonchev–Trinajstić information content (AvgIpc) is 2.33. The van der Waals surface area contributed by atoms with Crippen molar-refractivity contribution in [2.45, 2.75) is 0 Å². The fraction of sp³-hybridized carbons (Fsp3) is 0. The van der Waals surface area contributed by atoms with Crippen LogP contribution < -0.4 is 16.5 Å². The number of benzene rings is 2. The molecule has 0 heterocycles. The normalized spacial score (nSPS) is 9.50. The van der Waals surface area contributed by atoms with E-state index >= 15 is 0 Å². The van der Waals surface area contributed by atoms with Crippen LogP contribution in [0.2, 0.25) is 0 Å². The molecule has 0 atom stereocenters. The molecule has 0 radical (unpaired) electrons. The first-order chi connectivity index (χ1) is 7.83. The molecule has 5 N–H and O–H groups in total. The second kappa shape index (κ2) is 7.06. The monoisotopic (exact) mass is 214 g/mol. The van der Waals surface area contributed by atoms with Crippen LogP contribution in [0.5, 0.6) is 0 Å². The van der Waals surface area contributed by atoms with Crippen molar-refractivity contribution >= 4 is 17.7 Å². The van der Waals surface area contributed by atoms with E-state index in [0.717, 1.165) is 11.4 Å². The van der Waals surface area contributed by atoms with Gasteiger partial charge < -0.3 is 5.73 Å². The lowest BCUT2D eigenvalue weighted by Gasteiger charge is -1.83.